The molecular formula is C22H34O2Si. The molecule has 0 aromatic heterocycles. The summed E-state index contributed by atoms with van der Waals surface area (Å²) in [5, 5.41) is 0.245. The van der Waals surface area contributed by atoms with Gasteiger partial charge in [-0.1, -0.05) is 57.2 Å². The molecule has 1 aromatic rings. The van der Waals surface area contributed by atoms with Crippen molar-refractivity contribution in [2.45, 2.75) is 77.3 Å². The Morgan fingerprint density at radius 3 is 2.36 bits per heavy atom. The molecule has 2 atom stereocenters. The van der Waals surface area contributed by atoms with Crippen molar-refractivity contribution in [3.63, 3.8) is 0 Å². The first-order chi connectivity index (χ1) is 11.7. The van der Waals surface area contributed by atoms with E-state index in [-0.39, 0.29) is 17.2 Å². The molecule has 1 aromatic carbocycles. The molecule has 0 N–H and O–H groups in total. The lowest BCUT2D eigenvalue weighted by Crippen LogP contribution is -2.43. The van der Waals surface area contributed by atoms with Gasteiger partial charge < -0.3 is 9.16 Å². The number of hydrogen-bond acceptors (Lipinski definition) is 2. The van der Waals surface area contributed by atoms with E-state index >= 15 is 0 Å². The molecular weight excluding hydrogens is 324 g/mol. The van der Waals surface area contributed by atoms with Crippen molar-refractivity contribution < 1.29 is 9.16 Å². The van der Waals surface area contributed by atoms with E-state index in [1.165, 1.54) is 0 Å². The highest BCUT2D eigenvalue weighted by atomic mass is 28.4. The van der Waals surface area contributed by atoms with Gasteiger partial charge in [-0.2, -0.15) is 0 Å². The Morgan fingerprint density at radius 1 is 1.04 bits per heavy atom. The fourth-order valence-corrected chi connectivity index (χ4v) is 4.09. The van der Waals surface area contributed by atoms with Gasteiger partial charge in [0.15, 0.2) is 8.32 Å². The van der Waals surface area contributed by atoms with Gasteiger partial charge in [0.05, 0.1) is 6.10 Å². The van der Waals surface area contributed by atoms with Gasteiger partial charge in [0.25, 0.3) is 0 Å². The summed E-state index contributed by atoms with van der Waals surface area (Å²) in [7, 11) is -1.73. The van der Waals surface area contributed by atoms with E-state index in [9.17, 15) is 0 Å². The number of hydrogen-bond donors (Lipinski definition) is 0. The molecule has 0 aliphatic heterocycles. The summed E-state index contributed by atoms with van der Waals surface area (Å²) >= 11 is 0. The van der Waals surface area contributed by atoms with Crippen LogP contribution in [0.3, 0.4) is 0 Å². The Morgan fingerprint density at radius 2 is 1.68 bits per heavy atom. The van der Waals surface area contributed by atoms with Crippen LogP contribution in [0.1, 0.15) is 52.5 Å². The summed E-state index contributed by atoms with van der Waals surface area (Å²) in [4.78, 5) is 0. The van der Waals surface area contributed by atoms with Crippen LogP contribution in [-0.4, -0.2) is 20.5 Å². The van der Waals surface area contributed by atoms with E-state index in [4.69, 9.17) is 9.16 Å². The van der Waals surface area contributed by atoms with Gasteiger partial charge in [0.2, 0.25) is 0 Å². The summed E-state index contributed by atoms with van der Waals surface area (Å²) in [5.41, 5.74) is 1.14. The molecule has 3 heteroatoms. The van der Waals surface area contributed by atoms with E-state index in [0.29, 0.717) is 0 Å². The van der Waals surface area contributed by atoms with Gasteiger partial charge in [-0.15, -0.1) is 0 Å². The first-order valence-electron chi connectivity index (χ1n) is 9.47. The molecule has 0 spiro atoms. The lowest BCUT2D eigenvalue weighted by Gasteiger charge is -2.38. The first-order valence-corrected chi connectivity index (χ1v) is 12.4. The van der Waals surface area contributed by atoms with Crippen LogP contribution in [-0.2, 0) is 4.43 Å². The van der Waals surface area contributed by atoms with Crippen LogP contribution in [0.5, 0.6) is 5.75 Å². The Labute approximate surface area is 155 Å². The third-order valence-corrected chi connectivity index (χ3v) is 9.82. The van der Waals surface area contributed by atoms with Crippen LogP contribution in [0.4, 0.5) is 0 Å². The lowest BCUT2D eigenvalue weighted by molar-refractivity contribution is 0.207. The highest BCUT2D eigenvalue weighted by molar-refractivity contribution is 6.74. The zero-order valence-corrected chi connectivity index (χ0v) is 17.7. The van der Waals surface area contributed by atoms with E-state index in [1.54, 1.807) is 0 Å². The molecule has 0 saturated heterocycles. The van der Waals surface area contributed by atoms with Crippen LogP contribution in [0, 0.1) is 0 Å². The summed E-state index contributed by atoms with van der Waals surface area (Å²) in [6, 6.07) is 8.23. The topological polar surface area (TPSA) is 18.5 Å². The monoisotopic (exact) mass is 358 g/mol. The molecule has 0 bridgehead atoms. The molecule has 0 amide bonds. The van der Waals surface area contributed by atoms with Crippen molar-refractivity contribution >= 4 is 14.4 Å². The van der Waals surface area contributed by atoms with Crippen LogP contribution in [0.15, 0.2) is 42.5 Å². The Kier molecular flexibility index (Phi) is 6.70. The normalized spacial score (nSPS) is 22.2. The van der Waals surface area contributed by atoms with E-state index < -0.39 is 8.32 Å². The van der Waals surface area contributed by atoms with E-state index in [1.807, 2.05) is 25.1 Å². The standard InChI is InChI=1S/C22H34O2Si/c1-7-11-18-12-8-9-15-21(18)23-19-13-10-14-20(17-16-19)24-25(5,6)22(2,3)4/h7-9,11-12,15-17,19-20H,10,13-14H2,1-6H3/b11-7-/t19-,20-/m0/s1. The maximum absolute atomic E-state index is 6.57. The Balaban J connectivity index is 2.05. The average molecular weight is 359 g/mol. The molecule has 25 heavy (non-hydrogen) atoms. The molecule has 0 saturated carbocycles. The van der Waals surface area contributed by atoms with Crippen LogP contribution in [0.25, 0.3) is 6.08 Å². The molecule has 0 unspecified atom stereocenters. The maximum Gasteiger partial charge on any atom is 0.192 e. The molecule has 1 aliphatic rings. The molecule has 2 nitrogen and oxygen atoms in total. The number of benzene rings is 1. The smallest absolute Gasteiger partial charge is 0.192 e. The van der Waals surface area contributed by atoms with Crippen molar-refractivity contribution in [3.8, 4) is 5.75 Å². The molecule has 138 valence electrons. The second-order valence-electron chi connectivity index (χ2n) is 8.43. The predicted molar refractivity (Wildman–Crippen MR) is 111 cm³/mol. The van der Waals surface area contributed by atoms with Crippen LogP contribution in [0.2, 0.25) is 18.1 Å². The molecule has 2 rings (SSSR count). The van der Waals surface area contributed by atoms with Crippen molar-refractivity contribution in [3.05, 3.63) is 48.1 Å². The van der Waals surface area contributed by atoms with Gasteiger partial charge in [-0.05, 0) is 56.5 Å². The Hall–Kier alpha value is -1.32. The van der Waals surface area contributed by atoms with Gasteiger partial charge >= 0.3 is 0 Å². The van der Waals surface area contributed by atoms with Crippen molar-refractivity contribution in [2.75, 3.05) is 0 Å². The molecule has 1 aliphatic carbocycles. The van der Waals surface area contributed by atoms with E-state index in [0.717, 1.165) is 30.6 Å². The minimum Gasteiger partial charge on any atom is -0.486 e. The predicted octanol–water partition coefficient (Wildman–Crippen LogP) is 6.60. The third kappa shape index (κ3) is 5.58. The molecule has 0 radical (unpaired) electrons. The fourth-order valence-electron chi connectivity index (χ4n) is 2.78. The van der Waals surface area contributed by atoms with Crippen LogP contribution >= 0.6 is 0 Å². The van der Waals surface area contributed by atoms with Crippen molar-refractivity contribution in [1.82, 2.24) is 0 Å². The lowest BCUT2D eigenvalue weighted by atomic mass is 10.1. The second-order valence-corrected chi connectivity index (χ2v) is 13.2. The SMILES string of the molecule is C/C=C\c1ccccc1O[C@@H]1C=C[C@@H](O[Si](C)(C)C(C)(C)C)CCC1. The fraction of sp³-hybridized carbons (Fsp3) is 0.545. The van der Waals surface area contributed by atoms with Gasteiger partial charge in [0, 0.05) is 5.56 Å². The minimum atomic E-state index is -1.73. The second kappa shape index (κ2) is 8.37. The summed E-state index contributed by atoms with van der Waals surface area (Å²) in [6.07, 6.45) is 12.2. The summed E-state index contributed by atoms with van der Waals surface area (Å²) in [5.74, 6) is 0.957. The highest BCUT2D eigenvalue weighted by Gasteiger charge is 2.38. The van der Waals surface area contributed by atoms with Gasteiger partial charge in [0.1, 0.15) is 11.9 Å². The van der Waals surface area contributed by atoms with Crippen molar-refractivity contribution in [2.24, 2.45) is 0 Å². The largest absolute Gasteiger partial charge is 0.486 e. The third-order valence-electron chi connectivity index (χ3n) is 5.31. The van der Waals surface area contributed by atoms with Gasteiger partial charge in [-0.25, -0.2) is 0 Å². The van der Waals surface area contributed by atoms with E-state index in [2.05, 4.69) is 64.2 Å². The first kappa shape index (κ1) is 20.0. The van der Waals surface area contributed by atoms with Crippen LogP contribution < -0.4 is 4.74 Å². The maximum atomic E-state index is 6.57. The molecule has 0 heterocycles. The summed E-state index contributed by atoms with van der Waals surface area (Å²) in [6.45, 7) is 13.6. The Bertz CT molecular complexity index is 611. The van der Waals surface area contributed by atoms with Crippen molar-refractivity contribution in [1.29, 1.82) is 0 Å². The summed E-state index contributed by atoms with van der Waals surface area (Å²) < 4.78 is 12.9. The zero-order valence-electron chi connectivity index (χ0n) is 16.7. The number of para-hydroxylation sites is 1. The number of allylic oxidation sites excluding steroid dienone is 1. The minimum absolute atomic E-state index is 0.124. The van der Waals surface area contributed by atoms with Gasteiger partial charge in [-0.3, -0.25) is 0 Å². The zero-order chi connectivity index (χ0) is 18.5. The number of rotatable bonds is 5. The number of ether oxygens (including phenoxy) is 1. The highest BCUT2D eigenvalue weighted by Crippen LogP contribution is 2.38. The average Bonchev–Trinajstić information content (AvgIpc) is 2.73. The molecule has 0 fully saturated rings. The quantitative estimate of drug-likeness (QED) is 0.436.